The van der Waals surface area contributed by atoms with E-state index in [1.54, 1.807) is 18.2 Å². The molecular weight excluding hydrogens is 396 g/mol. The van der Waals surface area contributed by atoms with E-state index in [-0.39, 0.29) is 22.3 Å². The summed E-state index contributed by atoms with van der Waals surface area (Å²) in [6.07, 6.45) is 0.965. The van der Waals surface area contributed by atoms with Crippen LogP contribution in [0.25, 0.3) is 10.9 Å². The number of piperidine rings is 1. The maximum Gasteiger partial charge on any atom is 0.248 e. The molecule has 4 rings (SSSR count). The van der Waals surface area contributed by atoms with Crippen LogP contribution in [0.2, 0.25) is 0 Å². The lowest BCUT2D eigenvalue weighted by Crippen LogP contribution is -2.51. The molecule has 0 unspecified atom stereocenters. The number of ether oxygens (including phenoxy) is 1. The quantitative estimate of drug-likeness (QED) is 0.736. The minimum Gasteiger partial charge on any atom is -0.379 e. The number of hydrogen-bond donors (Lipinski definition) is 2. The SMILES string of the molecule is O=C(NN1CCOCC1)C1CCN(S(=O)(=O)c2ccc3[nH]c(=O)ccc3c2)CC1. The third kappa shape index (κ3) is 4.35. The number of nitrogens with zero attached hydrogens (tertiary/aromatic N) is 2. The van der Waals surface area contributed by atoms with E-state index in [0.29, 0.717) is 63.1 Å². The second-order valence-corrected chi connectivity index (χ2v) is 9.26. The summed E-state index contributed by atoms with van der Waals surface area (Å²) in [6, 6.07) is 7.65. The highest BCUT2D eigenvalue weighted by Crippen LogP contribution is 2.25. The number of nitrogens with one attached hydrogen (secondary N) is 2. The lowest BCUT2D eigenvalue weighted by Gasteiger charge is -2.33. The Bertz CT molecular complexity index is 1050. The Balaban J connectivity index is 1.41. The van der Waals surface area contributed by atoms with Crippen LogP contribution in [0.1, 0.15) is 12.8 Å². The molecule has 2 fully saturated rings. The molecule has 0 radical (unpaired) electrons. The van der Waals surface area contributed by atoms with Crippen LogP contribution in [0.5, 0.6) is 0 Å². The fourth-order valence-electron chi connectivity index (χ4n) is 3.72. The van der Waals surface area contributed by atoms with Gasteiger partial charge in [-0.2, -0.15) is 4.31 Å². The molecule has 2 aliphatic heterocycles. The first-order chi connectivity index (χ1) is 13.9. The fourth-order valence-corrected chi connectivity index (χ4v) is 5.23. The third-order valence-corrected chi connectivity index (χ3v) is 7.33. The largest absolute Gasteiger partial charge is 0.379 e. The van der Waals surface area contributed by atoms with E-state index in [1.807, 2.05) is 5.01 Å². The topological polar surface area (TPSA) is 112 Å². The standard InChI is InChI=1S/C19H24N4O5S/c24-18-4-1-15-13-16(2-3-17(15)20-18)29(26,27)23-7-5-14(6-8-23)19(25)21-22-9-11-28-12-10-22/h1-4,13-14H,5-12H2,(H,20,24)(H,21,25). The molecule has 2 aromatic rings. The van der Waals surface area contributed by atoms with Crippen molar-refractivity contribution in [2.75, 3.05) is 39.4 Å². The molecule has 0 spiro atoms. The number of aromatic nitrogens is 1. The highest BCUT2D eigenvalue weighted by atomic mass is 32.2. The summed E-state index contributed by atoms with van der Waals surface area (Å²) in [4.78, 5) is 26.7. The summed E-state index contributed by atoms with van der Waals surface area (Å²) in [6.45, 7) is 3.10. The molecule has 3 heterocycles. The monoisotopic (exact) mass is 420 g/mol. The molecule has 156 valence electrons. The molecule has 1 aromatic carbocycles. The molecule has 0 aliphatic carbocycles. The zero-order valence-corrected chi connectivity index (χ0v) is 16.8. The van der Waals surface area contributed by atoms with E-state index < -0.39 is 10.0 Å². The summed E-state index contributed by atoms with van der Waals surface area (Å²) < 4.78 is 32.7. The van der Waals surface area contributed by atoms with Crippen molar-refractivity contribution in [1.29, 1.82) is 0 Å². The normalized spacial score (nSPS) is 20.0. The van der Waals surface area contributed by atoms with Crippen molar-refractivity contribution in [3.05, 3.63) is 40.7 Å². The van der Waals surface area contributed by atoms with Crippen molar-refractivity contribution < 1.29 is 17.9 Å². The first-order valence-electron chi connectivity index (χ1n) is 9.70. The number of amides is 1. The summed E-state index contributed by atoms with van der Waals surface area (Å²) >= 11 is 0. The number of hydrazine groups is 1. The maximum atomic E-state index is 13.0. The van der Waals surface area contributed by atoms with E-state index in [2.05, 4.69) is 10.4 Å². The first kappa shape index (κ1) is 20.0. The summed E-state index contributed by atoms with van der Waals surface area (Å²) in [5.41, 5.74) is 3.28. The first-order valence-corrected chi connectivity index (χ1v) is 11.1. The zero-order valence-electron chi connectivity index (χ0n) is 16.0. The number of rotatable bonds is 4. The van der Waals surface area contributed by atoms with Crippen molar-refractivity contribution in [2.45, 2.75) is 17.7 Å². The summed E-state index contributed by atoms with van der Waals surface area (Å²) in [5, 5.41) is 2.51. The van der Waals surface area contributed by atoms with Crippen molar-refractivity contribution in [3.63, 3.8) is 0 Å². The number of carbonyl (C=O) groups excluding carboxylic acids is 1. The van der Waals surface area contributed by atoms with E-state index in [9.17, 15) is 18.0 Å². The van der Waals surface area contributed by atoms with Gasteiger partial charge in [0, 0.05) is 43.7 Å². The van der Waals surface area contributed by atoms with Gasteiger partial charge >= 0.3 is 0 Å². The molecule has 0 bridgehead atoms. The van der Waals surface area contributed by atoms with E-state index in [1.165, 1.54) is 16.4 Å². The van der Waals surface area contributed by atoms with Gasteiger partial charge in [-0.25, -0.2) is 13.4 Å². The van der Waals surface area contributed by atoms with Crippen LogP contribution in [-0.4, -0.2) is 68.0 Å². The van der Waals surface area contributed by atoms with E-state index in [0.717, 1.165) is 0 Å². The van der Waals surface area contributed by atoms with Crippen LogP contribution in [0.4, 0.5) is 0 Å². The Hall–Kier alpha value is -2.27. The molecule has 29 heavy (non-hydrogen) atoms. The van der Waals surface area contributed by atoms with Gasteiger partial charge in [0.15, 0.2) is 0 Å². The second kappa shape index (κ2) is 8.23. The van der Waals surface area contributed by atoms with Crippen molar-refractivity contribution >= 4 is 26.8 Å². The summed E-state index contributed by atoms with van der Waals surface area (Å²) in [5.74, 6) is -0.260. The number of sulfonamides is 1. The van der Waals surface area contributed by atoms with Gasteiger partial charge in [0.25, 0.3) is 0 Å². The van der Waals surface area contributed by atoms with Gasteiger partial charge in [0.1, 0.15) is 0 Å². The maximum absolute atomic E-state index is 13.0. The Morgan fingerprint density at radius 1 is 1.07 bits per heavy atom. The molecule has 2 N–H and O–H groups in total. The molecule has 1 aromatic heterocycles. The van der Waals surface area contributed by atoms with Gasteiger partial charge < -0.3 is 9.72 Å². The van der Waals surface area contributed by atoms with Gasteiger partial charge in [-0.15, -0.1) is 0 Å². The number of fused-ring (bicyclic) bond motifs is 1. The minimum atomic E-state index is -3.66. The van der Waals surface area contributed by atoms with Crippen molar-refractivity contribution in [2.24, 2.45) is 5.92 Å². The van der Waals surface area contributed by atoms with E-state index >= 15 is 0 Å². The number of benzene rings is 1. The zero-order chi connectivity index (χ0) is 20.4. The molecule has 0 saturated carbocycles. The third-order valence-electron chi connectivity index (χ3n) is 5.44. The Labute approximate surface area is 168 Å². The summed E-state index contributed by atoms with van der Waals surface area (Å²) in [7, 11) is -3.66. The Kier molecular flexibility index (Phi) is 5.68. The molecular formula is C19H24N4O5S. The number of H-pyrrole nitrogens is 1. The van der Waals surface area contributed by atoms with Crippen molar-refractivity contribution in [3.8, 4) is 0 Å². The Morgan fingerprint density at radius 2 is 1.79 bits per heavy atom. The number of pyridine rings is 1. The van der Waals surface area contributed by atoms with Crippen LogP contribution in [0, 0.1) is 5.92 Å². The van der Waals surface area contributed by atoms with Crippen LogP contribution in [0.15, 0.2) is 40.0 Å². The van der Waals surface area contributed by atoms with Gasteiger partial charge in [-0.1, -0.05) is 0 Å². The van der Waals surface area contributed by atoms with Gasteiger partial charge in [0.05, 0.1) is 18.1 Å². The lowest BCUT2D eigenvalue weighted by atomic mass is 9.97. The van der Waals surface area contributed by atoms with Crippen LogP contribution in [0.3, 0.4) is 0 Å². The highest BCUT2D eigenvalue weighted by Gasteiger charge is 2.32. The lowest BCUT2D eigenvalue weighted by molar-refractivity contribution is -0.133. The molecule has 9 nitrogen and oxygen atoms in total. The van der Waals surface area contributed by atoms with E-state index in [4.69, 9.17) is 4.74 Å². The van der Waals surface area contributed by atoms with Crippen LogP contribution in [-0.2, 0) is 19.6 Å². The smallest absolute Gasteiger partial charge is 0.248 e. The predicted octanol–water partition coefficient (Wildman–Crippen LogP) is 0.292. The molecule has 0 atom stereocenters. The number of carbonyl (C=O) groups is 1. The average molecular weight is 420 g/mol. The minimum absolute atomic E-state index is 0.0568. The van der Waals surface area contributed by atoms with Gasteiger partial charge in [-0.05, 0) is 42.5 Å². The number of aromatic amines is 1. The van der Waals surface area contributed by atoms with Crippen molar-refractivity contribution in [1.82, 2.24) is 19.7 Å². The van der Waals surface area contributed by atoms with Crippen LogP contribution < -0.4 is 11.0 Å². The number of hydrogen-bond acceptors (Lipinski definition) is 6. The predicted molar refractivity (Wildman–Crippen MR) is 107 cm³/mol. The number of morpholine rings is 1. The molecule has 10 heteroatoms. The molecule has 1 amide bonds. The second-order valence-electron chi connectivity index (χ2n) is 7.33. The Morgan fingerprint density at radius 3 is 2.52 bits per heavy atom. The molecule has 2 saturated heterocycles. The highest BCUT2D eigenvalue weighted by molar-refractivity contribution is 7.89. The van der Waals surface area contributed by atoms with Gasteiger partial charge in [-0.3, -0.25) is 15.0 Å². The van der Waals surface area contributed by atoms with Gasteiger partial charge in [0.2, 0.25) is 21.5 Å². The fraction of sp³-hybridized carbons (Fsp3) is 0.474. The molecule has 2 aliphatic rings. The van der Waals surface area contributed by atoms with Crippen LogP contribution >= 0.6 is 0 Å². The average Bonchev–Trinajstić information content (AvgIpc) is 2.74.